The summed E-state index contributed by atoms with van der Waals surface area (Å²) in [6.45, 7) is 8.62. The number of aliphatic hydroxyl groups is 1. The van der Waals surface area contributed by atoms with Gasteiger partial charge >= 0.3 is 0 Å². The quantitative estimate of drug-likeness (QED) is 0.792. The van der Waals surface area contributed by atoms with Crippen LogP contribution in [0.25, 0.3) is 0 Å². The van der Waals surface area contributed by atoms with Crippen molar-refractivity contribution in [2.45, 2.75) is 38.8 Å². The van der Waals surface area contributed by atoms with Gasteiger partial charge in [0.25, 0.3) is 5.91 Å². The fourth-order valence-electron chi connectivity index (χ4n) is 4.72. The fraction of sp³-hybridized carbons (Fsp3) is 0.636. The van der Waals surface area contributed by atoms with Gasteiger partial charge in [0.15, 0.2) is 0 Å². The number of ether oxygens (including phenoxy) is 1. The number of hydrogen-bond donors (Lipinski definition) is 1. The Hall–Kier alpha value is -1.76. The molecule has 0 saturated carbocycles. The fourth-order valence-corrected chi connectivity index (χ4v) is 4.72. The monoisotopic (exact) mass is 386 g/mol. The molecule has 1 amide bonds. The molecule has 6 nitrogen and oxygen atoms in total. The molecule has 4 aliphatic rings. The molecule has 0 spiro atoms. The number of amides is 1. The first-order chi connectivity index (χ1) is 13.4. The van der Waals surface area contributed by atoms with Gasteiger partial charge in [0.2, 0.25) is 0 Å². The lowest BCUT2D eigenvalue weighted by Crippen LogP contribution is -2.43. The van der Waals surface area contributed by atoms with Crippen molar-refractivity contribution in [1.82, 2.24) is 9.80 Å². The third-order valence-corrected chi connectivity index (χ3v) is 6.42. The van der Waals surface area contributed by atoms with Gasteiger partial charge in [-0.1, -0.05) is 32.1 Å². The van der Waals surface area contributed by atoms with Crippen LogP contribution in [-0.2, 0) is 14.3 Å². The van der Waals surface area contributed by atoms with Gasteiger partial charge in [-0.3, -0.25) is 14.5 Å². The maximum atomic E-state index is 13.1. The Kier molecular flexibility index (Phi) is 5.54. The van der Waals surface area contributed by atoms with Crippen molar-refractivity contribution in [2.75, 3.05) is 39.4 Å². The van der Waals surface area contributed by atoms with Crippen LogP contribution in [-0.4, -0.2) is 78.1 Å². The van der Waals surface area contributed by atoms with E-state index in [0.29, 0.717) is 24.7 Å². The molecule has 3 atom stereocenters. The van der Waals surface area contributed by atoms with E-state index in [1.165, 1.54) is 11.1 Å². The summed E-state index contributed by atoms with van der Waals surface area (Å²) in [7, 11) is 0. The highest BCUT2D eigenvalue weighted by atomic mass is 16.5. The van der Waals surface area contributed by atoms with Crippen LogP contribution in [0, 0.1) is 11.8 Å². The number of allylic oxidation sites excluding steroid dienone is 1. The van der Waals surface area contributed by atoms with Crippen LogP contribution in [0.1, 0.15) is 26.7 Å². The van der Waals surface area contributed by atoms with Gasteiger partial charge in [0.1, 0.15) is 5.78 Å². The number of carbonyl (C=O) groups is 2. The van der Waals surface area contributed by atoms with Gasteiger partial charge in [-0.05, 0) is 23.5 Å². The average Bonchev–Trinajstić information content (AvgIpc) is 3.11. The molecule has 1 fully saturated rings. The van der Waals surface area contributed by atoms with Gasteiger partial charge in [-0.25, -0.2) is 0 Å². The zero-order valence-electron chi connectivity index (χ0n) is 16.8. The summed E-state index contributed by atoms with van der Waals surface area (Å²) in [4.78, 5) is 29.6. The third-order valence-electron chi connectivity index (χ3n) is 6.42. The Balaban J connectivity index is 1.43. The van der Waals surface area contributed by atoms with Gasteiger partial charge in [-0.15, -0.1) is 0 Å². The van der Waals surface area contributed by atoms with Crippen molar-refractivity contribution in [1.29, 1.82) is 0 Å². The molecule has 0 bridgehead atoms. The van der Waals surface area contributed by atoms with Gasteiger partial charge in [0.05, 0.1) is 19.3 Å². The molecule has 2 heterocycles. The molecule has 0 aromatic heterocycles. The van der Waals surface area contributed by atoms with Crippen LogP contribution in [0.15, 0.2) is 34.9 Å². The number of rotatable bonds is 3. The highest BCUT2D eigenvalue weighted by Gasteiger charge is 2.37. The number of hydrogen-bond acceptors (Lipinski definition) is 5. The van der Waals surface area contributed by atoms with E-state index in [0.717, 1.165) is 32.7 Å². The van der Waals surface area contributed by atoms with Crippen molar-refractivity contribution < 1.29 is 19.4 Å². The zero-order valence-corrected chi connectivity index (χ0v) is 16.8. The number of carbonyl (C=O) groups excluding carboxylic acids is 2. The molecule has 3 unspecified atom stereocenters. The van der Waals surface area contributed by atoms with Crippen LogP contribution >= 0.6 is 0 Å². The molecular formula is C22H30N2O4. The van der Waals surface area contributed by atoms with Crippen LogP contribution < -0.4 is 0 Å². The van der Waals surface area contributed by atoms with Crippen molar-refractivity contribution in [2.24, 2.45) is 11.8 Å². The minimum absolute atomic E-state index is 0.0224. The Morgan fingerprint density at radius 1 is 1.21 bits per heavy atom. The summed E-state index contributed by atoms with van der Waals surface area (Å²) in [5, 5.41) is 10.4. The molecule has 2 aliphatic carbocycles. The second kappa shape index (κ2) is 7.93. The molecule has 28 heavy (non-hydrogen) atoms. The lowest BCUT2D eigenvalue weighted by molar-refractivity contribution is -0.129. The maximum Gasteiger partial charge on any atom is 0.252 e. The topological polar surface area (TPSA) is 70.1 Å². The summed E-state index contributed by atoms with van der Waals surface area (Å²) < 4.78 is 5.45. The number of Topliss-reactive ketones (excluding diaryl/α,β-unsaturated/α-hetero) is 1. The van der Waals surface area contributed by atoms with Crippen LogP contribution in [0.3, 0.4) is 0 Å². The van der Waals surface area contributed by atoms with E-state index >= 15 is 0 Å². The van der Waals surface area contributed by atoms with Gasteiger partial charge in [0, 0.05) is 50.1 Å². The van der Waals surface area contributed by atoms with Gasteiger partial charge in [-0.2, -0.15) is 0 Å². The largest absolute Gasteiger partial charge is 0.388 e. The number of nitrogens with zero attached hydrogens (tertiary/aromatic N) is 2. The highest BCUT2D eigenvalue weighted by molar-refractivity contribution is 5.99. The van der Waals surface area contributed by atoms with Crippen molar-refractivity contribution >= 4 is 11.7 Å². The SMILES string of the molecule is CC(C)C1C=C(C(=O)N2CC3=C(CC(N4CCOCC4)C=C3)C2)C(O)CC1=O. The first kappa shape index (κ1) is 19.6. The molecule has 0 radical (unpaired) electrons. The number of morpholine rings is 1. The molecule has 6 heteroatoms. The maximum absolute atomic E-state index is 13.1. The Morgan fingerprint density at radius 3 is 2.68 bits per heavy atom. The Morgan fingerprint density at radius 2 is 1.96 bits per heavy atom. The lowest BCUT2D eigenvalue weighted by atomic mass is 9.80. The van der Waals surface area contributed by atoms with E-state index in [9.17, 15) is 14.7 Å². The zero-order chi connectivity index (χ0) is 19.8. The van der Waals surface area contributed by atoms with E-state index < -0.39 is 6.10 Å². The minimum Gasteiger partial charge on any atom is -0.388 e. The molecular weight excluding hydrogens is 356 g/mol. The molecule has 152 valence electrons. The molecule has 0 aromatic carbocycles. The summed E-state index contributed by atoms with van der Waals surface area (Å²) >= 11 is 0. The summed E-state index contributed by atoms with van der Waals surface area (Å²) in [6.07, 6.45) is 6.14. The summed E-state index contributed by atoms with van der Waals surface area (Å²) in [5.41, 5.74) is 2.93. The first-order valence-electron chi connectivity index (χ1n) is 10.4. The average molecular weight is 386 g/mol. The number of aliphatic hydroxyl groups excluding tert-OH is 1. The second-order valence-electron chi connectivity index (χ2n) is 8.65. The van der Waals surface area contributed by atoms with Crippen LogP contribution in [0.4, 0.5) is 0 Å². The van der Waals surface area contributed by atoms with Crippen molar-refractivity contribution in [3.63, 3.8) is 0 Å². The molecule has 2 aliphatic heterocycles. The molecule has 1 saturated heterocycles. The smallest absolute Gasteiger partial charge is 0.252 e. The van der Waals surface area contributed by atoms with E-state index in [1.54, 1.807) is 6.08 Å². The predicted molar refractivity (Wildman–Crippen MR) is 106 cm³/mol. The lowest BCUT2D eigenvalue weighted by Gasteiger charge is -2.34. The van der Waals surface area contributed by atoms with Crippen LogP contribution in [0.5, 0.6) is 0 Å². The van der Waals surface area contributed by atoms with Crippen molar-refractivity contribution in [3.05, 3.63) is 34.9 Å². The molecule has 0 aromatic rings. The van der Waals surface area contributed by atoms with Gasteiger partial charge < -0.3 is 14.7 Å². The summed E-state index contributed by atoms with van der Waals surface area (Å²) in [6, 6.07) is 0.375. The standard InChI is InChI=1S/C22H30N2O4/c1-14(2)18-10-19(21(26)11-20(18)25)22(27)24-12-15-3-4-17(9-16(15)13-24)23-5-7-28-8-6-23/h3-4,10,14,17-18,21,26H,5-9,11-13H2,1-2H3. The third kappa shape index (κ3) is 3.73. The first-order valence-corrected chi connectivity index (χ1v) is 10.4. The van der Waals surface area contributed by atoms with E-state index in [1.807, 2.05) is 18.7 Å². The summed E-state index contributed by atoms with van der Waals surface area (Å²) in [5.74, 6) is -0.256. The normalized spacial score (nSPS) is 31.4. The highest BCUT2D eigenvalue weighted by Crippen LogP contribution is 2.32. The van der Waals surface area contributed by atoms with Crippen LogP contribution in [0.2, 0.25) is 0 Å². The predicted octanol–water partition coefficient (Wildman–Crippen LogP) is 1.32. The molecule has 4 rings (SSSR count). The van der Waals surface area contributed by atoms with E-state index in [-0.39, 0.29) is 29.9 Å². The Labute approximate surface area is 166 Å². The minimum atomic E-state index is -0.982. The number of ketones is 1. The second-order valence-corrected chi connectivity index (χ2v) is 8.65. The van der Waals surface area contributed by atoms with E-state index in [2.05, 4.69) is 17.1 Å². The van der Waals surface area contributed by atoms with E-state index in [4.69, 9.17) is 4.74 Å². The molecule has 1 N–H and O–H groups in total. The Bertz CT molecular complexity index is 746. The van der Waals surface area contributed by atoms with Crippen molar-refractivity contribution in [3.8, 4) is 0 Å².